The molecule has 1 fully saturated rings. The zero-order valence-corrected chi connectivity index (χ0v) is 10.0. The van der Waals surface area contributed by atoms with Crippen LogP contribution >= 0.6 is 0 Å². The molecule has 18 heavy (non-hydrogen) atoms. The van der Waals surface area contributed by atoms with Crippen LogP contribution in [0.1, 0.15) is 11.5 Å². The molecular weight excluding hydrogens is 232 g/mol. The van der Waals surface area contributed by atoms with E-state index in [0.29, 0.717) is 0 Å². The van der Waals surface area contributed by atoms with Crippen molar-refractivity contribution in [1.82, 2.24) is 0 Å². The van der Waals surface area contributed by atoms with E-state index in [9.17, 15) is 9.59 Å². The van der Waals surface area contributed by atoms with Gasteiger partial charge in [-0.15, -0.1) is 0 Å². The van der Waals surface area contributed by atoms with Crippen molar-refractivity contribution in [2.45, 2.75) is 12.0 Å². The van der Waals surface area contributed by atoms with Gasteiger partial charge < -0.3 is 9.47 Å². The highest BCUT2D eigenvalue weighted by atomic mass is 16.6. The summed E-state index contributed by atoms with van der Waals surface area (Å²) in [6.45, 7) is 3.64. The molecule has 0 aromatic heterocycles. The number of carbonyl (C=O) groups is 2. The van der Waals surface area contributed by atoms with Crippen LogP contribution < -0.4 is 0 Å². The summed E-state index contributed by atoms with van der Waals surface area (Å²) < 4.78 is 9.83. The molecule has 4 nitrogen and oxygen atoms in total. The SMILES string of the molecule is C=C[C@H]1OC(=O)[C@@H](C(=O)OC)[C@@H]1c1ccccc1. The molecule has 1 heterocycles. The van der Waals surface area contributed by atoms with Crippen molar-refractivity contribution < 1.29 is 19.1 Å². The maximum atomic E-state index is 11.8. The summed E-state index contributed by atoms with van der Waals surface area (Å²) in [7, 11) is 1.26. The molecule has 0 saturated carbocycles. The maximum absolute atomic E-state index is 11.8. The highest BCUT2D eigenvalue weighted by Gasteiger charge is 2.49. The second-order valence-corrected chi connectivity index (χ2v) is 4.07. The third kappa shape index (κ3) is 2.01. The Kier molecular flexibility index (Phi) is 3.46. The van der Waals surface area contributed by atoms with E-state index in [4.69, 9.17) is 4.74 Å². The van der Waals surface area contributed by atoms with E-state index >= 15 is 0 Å². The molecule has 0 N–H and O–H groups in total. The summed E-state index contributed by atoms with van der Waals surface area (Å²) in [4.78, 5) is 23.5. The van der Waals surface area contributed by atoms with E-state index in [1.165, 1.54) is 7.11 Å². The largest absolute Gasteiger partial charge is 0.468 e. The predicted molar refractivity (Wildman–Crippen MR) is 64.8 cm³/mol. The fourth-order valence-corrected chi connectivity index (χ4v) is 2.24. The number of cyclic esters (lactones) is 1. The van der Waals surface area contributed by atoms with Crippen LogP contribution in [0.3, 0.4) is 0 Å². The molecule has 1 aromatic carbocycles. The van der Waals surface area contributed by atoms with E-state index in [-0.39, 0.29) is 5.92 Å². The minimum absolute atomic E-state index is 0.372. The van der Waals surface area contributed by atoms with E-state index in [1.54, 1.807) is 6.08 Å². The second-order valence-electron chi connectivity index (χ2n) is 4.07. The second kappa shape index (κ2) is 5.04. The molecule has 0 spiro atoms. The third-order valence-electron chi connectivity index (χ3n) is 3.09. The van der Waals surface area contributed by atoms with Crippen LogP contribution in [-0.4, -0.2) is 25.2 Å². The average molecular weight is 246 g/mol. The monoisotopic (exact) mass is 246 g/mol. The van der Waals surface area contributed by atoms with Crippen molar-refractivity contribution in [3.63, 3.8) is 0 Å². The van der Waals surface area contributed by atoms with Crippen LogP contribution in [0, 0.1) is 5.92 Å². The van der Waals surface area contributed by atoms with Crippen LogP contribution in [-0.2, 0) is 19.1 Å². The van der Waals surface area contributed by atoms with E-state index < -0.39 is 24.0 Å². The van der Waals surface area contributed by atoms with Gasteiger partial charge in [0.1, 0.15) is 6.10 Å². The van der Waals surface area contributed by atoms with Crippen LogP contribution in [0.15, 0.2) is 43.0 Å². The summed E-state index contributed by atoms with van der Waals surface area (Å²) in [5.41, 5.74) is 0.864. The molecular formula is C14H14O4. The predicted octanol–water partition coefficient (Wildman–Crippen LogP) is 1.67. The molecule has 3 atom stereocenters. The molecule has 0 amide bonds. The van der Waals surface area contributed by atoms with Gasteiger partial charge in [0.15, 0.2) is 5.92 Å². The lowest BCUT2D eigenvalue weighted by Gasteiger charge is -2.17. The Bertz CT molecular complexity index is 466. The summed E-state index contributed by atoms with van der Waals surface area (Å²) in [6, 6.07) is 9.30. The van der Waals surface area contributed by atoms with Gasteiger partial charge >= 0.3 is 11.9 Å². The molecule has 0 bridgehead atoms. The number of esters is 2. The lowest BCUT2D eigenvalue weighted by molar-refractivity contribution is -0.154. The highest BCUT2D eigenvalue weighted by molar-refractivity contribution is 5.98. The molecule has 1 aliphatic rings. The van der Waals surface area contributed by atoms with Gasteiger partial charge in [0.2, 0.25) is 0 Å². The number of rotatable bonds is 3. The molecule has 0 radical (unpaired) electrons. The van der Waals surface area contributed by atoms with Crippen LogP contribution in [0.25, 0.3) is 0 Å². The summed E-state index contributed by atoms with van der Waals surface area (Å²) in [6.07, 6.45) is 1.04. The fraction of sp³-hybridized carbons (Fsp3) is 0.286. The molecule has 1 saturated heterocycles. The van der Waals surface area contributed by atoms with Crippen LogP contribution in [0.2, 0.25) is 0 Å². The first-order valence-electron chi connectivity index (χ1n) is 5.65. The molecule has 1 aliphatic heterocycles. The minimum atomic E-state index is -0.916. The number of benzene rings is 1. The lowest BCUT2D eigenvalue weighted by Crippen LogP contribution is -2.27. The van der Waals surface area contributed by atoms with Crippen molar-refractivity contribution in [3.05, 3.63) is 48.6 Å². The molecule has 1 aromatic rings. The summed E-state index contributed by atoms with van der Waals surface area (Å²) >= 11 is 0. The van der Waals surface area contributed by atoms with Gasteiger partial charge in [-0.25, -0.2) is 0 Å². The molecule has 0 unspecified atom stereocenters. The quantitative estimate of drug-likeness (QED) is 0.462. The van der Waals surface area contributed by atoms with E-state index in [1.807, 2.05) is 30.3 Å². The lowest BCUT2D eigenvalue weighted by atomic mass is 9.84. The Morgan fingerprint density at radius 2 is 2.06 bits per heavy atom. The zero-order chi connectivity index (χ0) is 13.1. The number of hydrogen-bond donors (Lipinski definition) is 0. The van der Waals surface area contributed by atoms with Crippen molar-refractivity contribution >= 4 is 11.9 Å². The van der Waals surface area contributed by atoms with Crippen LogP contribution in [0.5, 0.6) is 0 Å². The Balaban J connectivity index is 2.41. The van der Waals surface area contributed by atoms with Gasteiger partial charge in [-0.1, -0.05) is 43.0 Å². The number of hydrogen-bond acceptors (Lipinski definition) is 4. The Morgan fingerprint density at radius 1 is 1.39 bits per heavy atom. The van der Waals surface area contributed by atoms with Crippen molar-refractivity contribution in [3.8, 4) is 0 Å². The molecule has 4 heteroatoms. The van der Waals surface area contributed by atoms with E-state index in [0.717, 1.165) is 5.56 Å². The Hall–Kier alpha value is -2.10. The van der Waals surface area contributed by atoms with Gasteiger partial charge in [0.25, 0.3) is 0 Å². The first kappa shape index (κ1) is 12.4. The average Bonchev–Trinajstić information content (AvgIpc) is 2.75. The Labute approximate surface area is 105 Å². The van der Waals surface area contributed by atoms with Gasteiger partial charge in [0, 0.05) is 5.92 Å². The van der Waals surface area contributed by atoms with Crippen LogP contribution in [0.4, 0.5) is 0 Å². The van der Waals surface area contributed by atoms with Gasteiger partial charge in [-0.2, -0.15) is 0 Å². The zero-order valence-electron chi connectivity index (χ0n) is 10.0. The smallest absolute Gasteiger partial charge is 0.321 e. The molecule has 0 aliphatic carbocycles. The fourth-order valence-electron chi connectivity index (χ4n) is 2.24. The number of carbonyl (C=O) groups excluding carboxylic acids is 2. The first-order valence-corrected chi connectivity index (χ1v) is 5.65. The molecule has 94 valence electrons. The topological polar surface area (TPSA) is 52.6 Å². The summed E-state index contributed by atoms with van der Waals surface area (Å²) in [5.74, 6) is -2.41. The highest BCUT2D eigenvalue weighted by Crippen LogP contribution is 2.38. The minimum Gasteiger partial charge on any atom is -0.468 e. The number of methoxy groups -OCH3 is 1. The normalized spacial score (nSPS) is 26.5. The van der Waals surface area contributed by atoms with Crippen molar-refractivity contribution in [2.75, 3.05) is 7.11 Å². The van der Waals surface area contributed by atoms with Gasteiger partial charge in [0.05, 0.1) is 7.11 Å². The van der Waals surface area contributed by atoms with Gasteiger partial charge in [-0.3, -0.25) is 9.59 Å². The van der Waals surface area contributed by atoms with Crippen molar-refractivity contribution in [2.24, 2.45) is 5.92 Å². The standard InChI is InChI=1S/C14H14O4/c1-3-10-11(9-7-5-4-6-8-9)12(13(15)17-2)14(16)18-10/h3-8,10-12H,1H2,2H3/t10-,11-,12-/m1/s1. The van der Waals surface area contributed by atoms with E-state index in [2.05, 4.69) is 11.3 Å². The first-order chi connectivity index (χ1) is 8.69. The number of ether oxygens (including phenoxy) is 2. The molecule has 2 rings (SSSR count). The van der Waals surface area contributed by atoms with Gasteiger partial charge in [-0.05, 0) is 5.56 Å². The summed E-state index contributed by atoms with van der Waals surface area (Å²) in [5, 5.41) is 0. The maximum Gasteiger partial charge on any atom is 0.321 e. The van der Waals surface area contributed by atoms with Crippen molar-refractivity contribution in [1.29, 1.82) is 0 Å². The Morgan fingerprint density at radius 3 is 2.61 bits per heavy atom. The third-order valence-corrected chi connectivity index (χ3v) is 3.09.